The summed E-state index contributed by atoms with van der Waals surface area (Å²) < 4.78 is 11.4. The van der Waals surface area contributed by atoms with Crippen LogP contribution in [0.15, 0.2) is 174 Å². The van der Waals surface area contributed by atoms with E-state index >= 15 is 0 Å². The molecule has 0 saturated heterocycles. The molecular weight excluding hydrogens is 629 g/mol. The van der Waals surface area contributed by atoms with Gasteiger partial charge in [0.25, 0.3) is 0 Å². The summed E-state index contributed by atoms with van der Waals surface area (Å²) >= 11 is 1.85. The summed E-state index contributed by atoms with van der Waals surface area (Å²) in [5.41, 5.74) is 8.65. The molecule has 0 aliphatic heterocycles. The highest BCUT2D eigenvalue weighted by atomic mass is 32.1. The number of furan rings is 1. The number of nitrogens with zero attached hydrogens (tertiary/aromatic N) is 2. The van der Waals surface area contributed by atoms with Gasteiger partial charge in [-0.15, -0.1) is 11.3 Å². The predicted octanol–water partition coefficient (Wildman–Crippen LogP) is 13.7. The van der Waals surface area contributed by atoms with Gasteiger partial charge in [-0.05, 0) is 72.1 Å². The van der Waals surface area contributed by atoms with Gasteiger partial charge >= 0.3 is 0 Å². The molecule has 0 saturated carbocycles. The van der Waals surface area contributed by atoms with Crippen molar-refractivity contribution in [2.24, 2.45) is 0 Å². The first kappa shape index (κ1) is 27.6. The normalized spacial score (nSPS) is 12.0. The average molecular weight is 657 g/mol. The zero-order valence-corrected chi connectivity index (χ0v) is 27.7. The number of benzene rings is 8. The van der Waals surface area contributed by atoms with Crippen molar-refractivity contribution in [2.45, 2.75) is 0 Å². The van der Waals surface area contributed by atoms with Gasteiger partial charge in [-0.1, -0.05) is 103 Å². The summed E-state index contributed by atoms with van der Waals surface area (Å²) in [6.07, 6.45) is 0. The first-order valence-electron chi connectivity index (χ1n) is 16.9. The van der Waals surface area contributed by atoms with Crippen molar-refractivity contribution in [1.29, 1.82) is 0 Å². The van der Waals surface area contributed by atoms with Crippen LogP contribution in [0, 0.1) is 0 Å². The van der Waals surface area contributed by atoms with Crippen LogP contribution in [0.25, 0.3) is 80.4 Å². The molecule has 0 atom stereocenters. The molecule has 0 fully saturated rings. The van der Waals surface area contributed by atoms with Gasteiger partial charge in [0.1, 0.15) is 11.2 Å². The molecule has 0 amide bonds. The largest absolute Gasteiger partial charge is 0.456 e. The third kappa shape index (κ3) is 3.97. The van der Waals surface area contributed by atoms with E-state index in [0.29, 0.717) is 0 Å². The summed E-state index contributed by atoms with van der Waals surface area (Å²) in [6.45, 7) is 0. The van der Waals surface area contributed by atoms with Crippen molar-refractivity contribution in [3.05, 3.63) is 170 Å². The van der Waals surface area contributed by atoms with E-state index in [1.54, 1.807) is 0 Å². The summed E-state index contributed by atoms with van der Waals surface area (Å²) in [7, 11) is 0. The van der Waals surface area contributed by atoms with Gasteiger partial charge in [-0.3, -0.25) is 0 Å². The predicted molar refractivity (Wildman–Crippen MR) is 213 cm³/mol. The van der Waals surface area contributed by atoms with Gasteiger partial charge in [0, 0.05) is 58.5 Å². The van der Waals surface area contributed by atoms with Gasteiger partial charge in [-0.2, -0.15) is 0 Å². The lowest BCUT2D eigenvalue weighted by Gasteiger charge is -2.28. The van der Waals surface area contributed by atoms with Crippen LogP contribution < -0.4 is 4.90 Å². The molecule has 0 bridgehead atoms. The summed E-state index contributed by atoms with van der Waals surface area (Å²) in [6, 6.07) is 61.4. The molecule has 0 aliphatic rings. The van der Waals surface area contributed by atoms with Gasteiger partial charge in [0.15, 0.2) is 0 Å². The Morgan fingerprint density at radius 3 is 2.08 bits per heavy atom. The van der Waals surface area contributed by atoms with Crippen molar-refractivity contribution in [3.63, 3.8) is 0 Å². The number of thiophene rings is 1. The molecule has 0 N–H and O–H groups in total. The first-order chi connectivity index (χ1) is 24.8. The highest BCUT2D eigenvalue weighted by Crippen LogP contribution is 2.47. The highest BCUT2D eigenvalue weighted by Gasteiger charge is 2.24. The van der Waals surface area contributed by atoms with Gasteiger partial charge in [0.2, 0.25) is 0 Å². The smallest absolute Gasteiger partial charge is 0.136 e. The van der Waals surface area contributed by atoms with Gasteiger partial charge < -0.3 is 13.9 Å². The number of para-hydroxylation sites is 4. The Kier molecular flexibility index (Phi) is 5.83. The van der Waals surface area contributed by atoms with Crippen LogP contribution in [0.1, 0.15) is 0 Å². The minimum atomic E-state index is 0.903. The summed E-state index contributed by atoms with van der Waals surface area (Å²) in [4.78, 5) is 2.47. The standard InChI is InChI=1S/C46H28N2OS/c1-2-13-30(14-3-1)48-39-19-7-4-15-32(39)36-18-11-21-41(46(36)48)47(31-24-25-35-34-17-6-9-23-44(34)50-45(35)27-31)40-20-10-12-29-26-43-38(28-37(29)40)33-16-5-8-22-42(33)49-43/h1-28H. The molecular formula is C46H28N2OS. The lowest BCUT2D eigenvalue weighted by Crippen LogP contribution is -2.12. The van der Waals surface area contributed by atoms with Crippen molar-refractivity contribution < 1.29 is 4.42 Å². The van der Waals surface area contributed by atoms with Crippen LogP contribution in [0.4, 0.5) is 17.1 Å². The molecule has 11 rings (SSSR count). The van der Waals surface area contributed by atoms with Crippen LogP contribution in [0.2, 0.25) is 0 Å². The maximum atomic E-state index is 6.35. The molecule has 11 aromatic rings. The fourth-order valence-electron chi connectivity index (χ4n) is 7.96. The van der Waals surface area contributed by atoms with E-state index in [-0.39, 0.29) is 0 Å². The quantitative estimate of drug-likeness (QED) is 0.188. The Hall–Kier alpha value is -6.36. The summed E-state index contributed by atoms with van der Waals surface area (Å²) in [5, 5.41) is 9.60. The molecule has 3 nitrogen and oxygen atoms in total. The Bertz CT molecular complexity index is 3110. The minimum absolute atomic E-state index is 0.903. The molecule has 0 radical (unpaired) electrons. The maximum Gasteiger partial charge on any atom is 0.136 e. The fraction of sp³-hybridized carbons (Fsp3) is 0. The Morgan fingerprint density at radius 1 is 0.440 bits per heavy atom. The van der Waals surface area contributed by atoms with Crippen molar-refractivity contribution in [1.82, 2.24) is 4.57 Å². The Morgan fingerprint density at radius 2 is 1.16 bits per heavy atom. The lowest BCUT2D eigenvalue weighted by atomic mass is 10.0. The number of fused-ring (bicyclic) bond motifs is 10. The number of hydrogen-bond donors (Lipinski definition) is 0. The van der Waals surface area contributed by atoms with Crippen LogP contribution in [-0.2, 0) is 0 Å². The SMILES string of the molecule is c1ccc(-n2c3ccccc3c3cccc(N(c4ccc5c(c4)sc4ccccc45)c4cccc5cc6oc7ccccc7c6cc45)c32)cc1. The second-order valence-corrected chi connectivity index (χ2v) is 14.0. The monoisotopic (exact) mass is 656 g/mol. The molecule has 0 aliphatic carbocycles. The third-order valence-electron chi connectivity index (χ3n) is 10.1. The zero-order valence-electron chi connectivity index (χ0n) is 26.9. The van der Waals surface area contributed by atoms with Crippen molar-refractivity contribution in [3.8, 4) is 5.69 Å². The van der Waals surface area contributed by atoms with E-state index in [1.165, 1.54) is 47.4 Å². The molecule has 4 heteroatoms. The topological polar surface area (TPSA) is 21.3 Å². The van der Waals surface area contributed by atoms with E-state index in [4.69, 9.17) is 4.42 Å². The maximum absolute atomic E-state index is 6.35. The van der Waals surface area contributed by atoms with Crippen LogP contribution >= 0.6 is 11.3 Å². The van der Waals surface area contributed by atoms with Crippen molar-refractivity contribution >= 4 is 103 Å². The van der Waals surface area contributed by atoms with Crippen LogP contribution in [0.5, 0.6) is 0 Å². The molecule has 50 heavy (non-hydrogen) atoms. The van der Waals surface area contributed by atoms with Crippen LogP contribution in [-0.4, -0.2) is 4.57 Å². The van der Waals surface area contributed by atoms with E-state index in [0.717, 1.165) is 50.1 Å². The number of anilines is 3. The Balaban J connectivity index is 1.27. The summed E-state index contributed by atoms with van der Waals surface area (Å²) in [5.74, 6) is 0. The van der Waals surface area contributed by atoms with Gasteiger partial charge in [0.05, 0.1) is 22.4 Å². The molecule has 0 spiro atoms. The average Bonchev–Trinajstić information content (AvgIpc) is 3.84. The number of hydrogen-bond acceptors (Lipinski definition) is 3. The second-order valence-electron chi connectivity index (χ2n) is 12.9. The van der Waals surface area contributed by atoms with Crippen molar-refractivity contribution in [2.75, 3.05) is 4.90 Å². The minimum Gasteiger partial charge on any atom is -0.456 e. The third-order valence-corrected chi connectivity index (χ3v) is 11.3. The van der Waals surface area contributed by atoms with Crippen LogP contribution in [0.3, 0.4) is 0 Å². The molecule has 0 unspecified atom stereocenters. The van der Waals surface area contributed by atoms with Gasteiger partial charge in [-0.25, -0.2) is 0 Å². The molecule has 3 heterocycles. The van der Waals surface area contributed by atoms with E-state index in [9.17, 15) is 0 Å². The fourth-order valence-corrected chi connectivity index (χ4v) is 9.10. The highest BCUT2D eigenvalue weighted by molar-refractivity contribution is 7.25. The number of aromatic nitrogens is 1. The molecule has 234 valence electrons. The lowest BCUT2D eigenvalue weighted by molar-refractivity contribution is 0.669. The molecule has 3 aromatic heterocycles. The molecule has 8 aromatic carbocycles. The van der Waals surface area contributed by atoms with E-state index < -0.39 is 0 Å². The zero-order chi connectivity index (χ0) is 32.8. The number of rotatable bonds is 4. The second kappa shape index (κ2) is 10.6. The Labute approximate surface area is 291 Å². The van der Waals surface area contributed by atoms with E-state index in [1.807, 2.05) is 17.4 Å². The van der Waals surface area contributed by atoms with E-state index in [2.05, 4.69) is 173 Å². The first-order valence-corrected chi connectivity index (χ1v) is 17.7.